The van der Waals surface area contributed by atoms with Gasteiger partial charge >= 0.3 is 0 Å². The second-order valence-electron chi connectivity index (χ2n) is 3.41. The topological polar surface area (TPSA) is 69.6 Å². The van der Waals surface area contributed by atoms with E-state index in [9.17, 15) is 8.42 Å². The number of hydrogen-bond acceptors (Lipinski definition) is 4. The molecule has 2 N–H and O–H groups in total. The summed E-state index contributed by atoms with van der Waals surface area (Å²) in [5, 5.41) is 8.50. The quantitative estimate of drug-likeness (QED) is 0.596. The van der Waals surface area contributed by atoms with Crippen molar-refractivity contribution in [3.63, 3.8) is 0 Å². The largest absolute Gasteiger partial charge is 0.395 e. The molecule has 6 heteroatoms. The number of likely N-dealkylation sites (tertiary alicyclic amines) is 1. The maximum Gasteiger partial charge on any atom is 0.214 e. The zero-order chi connectivity index (χ0) is 9.90. The van der Waals surface area contributed by atoms with Gasteiger partial charge < -0.3 is 10.0 Å². The van der Waals surface area contributed by atoms with Crippen LogP contribution in [0, 0.1) is 0 Å². The molecule has 0 spiro atoms. The highest BCUT2D eigenvalue weighted by molar-refractivity contribution is 7.89. The molecule has 1 rings (SSSR count). The Kier molecular flexibility index (Phi) is 3.66. The smallest absolute Gasteiger partial charge is 0.214 e. The van der Waals surface area contributed by atoms with E-state index >= 15 is 0 Å². The summed E-state index contributed by atoms with van der Waals surface area (Å²) < 4.78 is 25.0. The summed E-state index contributed by atoms with van der Waals surface area (Å²) >= 11 is 0. The molecule has 0 aromatic heterocycles. The van der Waals surface area contributed by atoms with Crippen LogP contribution in [0.3, 0.4) is 0 Å². The van der Waals surface area contributed by atoms with Crippen molar-refractivity contribution in [1.82, 2.24) is 9.62 Å². The van der Waals surface area contributed by atoms with Gasteiger partial charge in [-0.15, -0.1) is 0 Å². The Morgan fingerprint density at radius 1 is 1.62 bits per heavy atom. The number of nitrogens with one attached hydrogen (secondary N) is 1. The van der Waals surface area contributed by atoms with Gasteiger partial charge in [-0.05, 0) is 20.0 Å². The molecule has 78 valence electrons. The third-order valence-corrected chi connectivity index (χ3v) is 3.51. The van der Waals surface area contributed by atoms with E-state index in [1.54, 1.807) is 0 Å². The van der Waals surface area contributed by atoms with E-state index in [-0.39, 0.29) is 18.4 Å². The van der Waals surface area contributed by atoms with Gasteiger partial charge in [0.25, 0.3) is 0 Å². The van der Waals surface area contributed by atoms with Gasteiger partial charge in [-0.1, -0.05) is 0 Å². The molecule has 0 radical (unpaired) electrons. The van der Waals surface area contributed by atoms with Gasteiger partial charge in [0.2, 0.25) is 10.0 Å². The second kappa shape index (κ2) is 4.36. The van der Waals surface area contributed by atoms with Gasteiger partial charge in [0.15, 0.2) is 0 Å². The van der Waals surface area contributed by atoms with Crippen molar-refractivity contribution >= 4 is 10.0 Å². The Morgan fingerprint density at radius 3 is 2.77 bits per heavy atom. The normalized spacial score (nSPS) is 25.2. The van der Waals surface area contributed by atoms with E-state index in [0.717, 1.165) is 19.5 Å². The number of aliphatic hydroxyl groups is 1. The molecule has 5 nitrogen and oxygen atoms in total. The average Bonchev–Trinajstić information content (AvgIpc) is 2.34. The third-order valence-electron chi connectivity index (χ3n) is 2.10. The van der Waals surface area contributed by atoms with E-state index in [2.05, 4.69) is 9.62 Å². The van der Waals surface area contributed by atoms with Crippen molar-refractivity contribution in [2.45, 2.75) is 12.5 Å². The first-order valence-electron chi connectivity index (χ1n) is 4.33. The third kappa shape index (κ3) is 3.60. The molecule has 1 atom stereocenters. The predicted octanol–water partition coefficient (Wildman–Crippen LogP) is -1.40. The van der Waals surface area contributed by atoms with Gasteiger partial charge in [0.1, 0.15) is 0 Å². The minimum absolute atomic E-state index is 0.0153. The maximum absolute atomic E-state index is 11.2. The summed E-state index contributed by atoms with van der Waals surface area (Å²) in [7, 11) is -1.31. The molecule has 0 aliphatic carbocycles. The summed E-state index contributed by atoms with van der Waals surface area (Å²) in [6.07, 6.45) is 0.848. The standard InChI is InChI=1S/C7H16N2O3S/c1-9-3-2-7(6-9)8-13(11,12)5-4-10/h7-8,10H,2-6H2,1H3. The van der Waals surface area contributed by atoms with Crippen LogP contribution in [-0.4, -0.2) is 57.0 Å². The monoisotopic (exact) mass is 208 g/mol. The highest BCUT2D eigenvalue weighted by atomic mass is 32.2. The molecule has 1 unspecified atom stereocenters. The van der Waals surface area contributed by atoms with Gasteiger partial charge in [-0.25, -0.2) is 13.1 Å². The van der Waals surface area contributed by atoms with Crippen LogP contribution in [-0.2, 0) is 10.0 Å². The van der Waals surface area contributed by atoms with Crippen LogP contribution in [0.2, 0.25) is 0 Å². The number of nitrogens with zero attached hydrogens (tertiary/aromatic N) is 1. The van der Waals surface area contributed by atoms with Crippen LogP contribution in [0.4, 0.5) is 0 Å². The minimum Gasteiger partial charge on any atom is -0.395 e. The Bertz CT molecular complexity index is 252. The summed E-state index contributed by atoms with van der Waals surface area (Å²) in [6.45, 7) is 1.36. The number of aliphatic hydroxyl groups excluding tert-OH is 1. The van der Waals surface area contributed by atoms with Crippen LogP contribution >= 0.6 is 0 Å². The number of hydrogen-bond donors (Lipinski definition) is 2. The van der Waals surface area contributed by atoms with Crippen LogP contribution in [0.25, 0.3) is 0 Å². The van der Waals surface area contributed by atoms with E-state index < -0.39 is 10.0 Å². The van der Waals surface area contributed by atoms with Crippen molar-refractivity contribution in [1.29, 1.82) is 0 Å². The molecule has 1 aliphatic heterocycles. The molecule has 1 aliphatic rings. The first-order valence-corrected chi connectivity index (χ1v) is 5.98. The second-order valence-corrected chi connectivity index (χ2v) is 5.28. The SMILES string of the molecule is CN1CCC(NS(=O)(=O)CCO)C1. The van der Waals surface area contributed by atoms with Gasteiger partial charge in [-0.3, -0.25) is 0 Å². The molecule has 13 heavy (non-hydrogen) atoms. The Hall–Kier alpha value is -0.170. The van der Waals surface area contributed by atoms with Crippen molar-refractivity contribution < 1.29 is 13.5 Å². The number of rotatable bonds is 4. The highest BCUT2D eigenvalue weighted by Crippen LogP contribution is 2.07. The van der Waals surface area contributed by atoms with Crippen LogP contribution in [0.5, 0.6) is 0 Å². The molecule has 0 saturated carbocycles. The first kappa shape index (κ1) is 10.9. The number of sulfonamides is 1. The molecule has 0 bridgehead atoms. The fourth-order valence-corrected chi connectivity index (χ4v) is 2.52. The average molecular weight is 208 g/mol. The van der Waals surface area contributed by atoms with Gasteiger partial charge in [-0.2, -0.15) is 0 Å². The zero-order valence-corrected chi connectivity index (χ0v) is 8.55. The predicted molar refractivity (Wildman–Crippen MR) is 49.9 cm³/mol. The van der Waals surface area contributed by atoms with Crippen LogP contribution in [0.15, 0.2) is 0 Å². The fraction of sp³-hybridized carbons (Fsp3) is 1.00. The molecule has 0 aromatic carbocycles. The van der Waals surface area contributed by atoms with Crippen molar-refractivity contribution in [2.24, 2.45) is 0 Å². The molecular weight excluding hydrogens is 192 g/mol. The molecular formula is C7H16N2O3S. The van der Waals surface area contributed by atoms with Gasteiger partial charge in [0, 0.05) is 12.6 Å². The van der Waals surface area contributed by atoms with E-state index in [1.807, 2.05) is 7.05 Å². The Balaban J connectivity index is 2.40. The van der Waals surface area contributed by atoms with Gasteiger partial charge in [0.05, 0.1) is 12.4 Å². The Morgan fingerprint density at radius 2 is 2.31 bits per heavy atom. The highest BCUT2D eigenvalue weighted by Gasteiger charge is 2.23. The molecule has 1 heterocycles. The summed E-state index contributed by atoms with van der Waals surface area (Å²) in [5.41, 5.74) is 0. The van der Waals surface area contributed by atoms with Crippen LogP contribution < -0.4 is 4.72 Å². The first-order chi connectivity index (χ1) is 6.03. The lowest BCUT2D eigenvalue weighted by Gasteiger charge is -2.12. The molecule has 0 amide bonds. The molecule has 1 saturated heterocycles. The lowest BCUT2D eigenvalue weighted by atomic mass is 10.3. The number of likely N-dealkylation sites (N-methyl/N-ethyl adjacent to an activating group) is 1. The molecule has 0 aromatic rings. The van der Waals surface area contributed by atoms with E-state index in [0.29, 0.717) is 0 Å². The molecule has 1 fully saturated rings. The summed E-state index contributed by atoms with van der Waals surface area (Å²) in [6, 6.07) is 0.0153. The fourth-order valence-electron chi connectivity index (χ4n) is 1.46. The lowest BCUT2D eigenvalue weighted by molar-refractivity contribution is 0.318. The van der Waals surface area contributed by atoms with E-state index in [4.69, 9.17) is 5.11 Å². The van der Waals surface area contributed by atoms with Crippen molar-refractivity contribution in [2.75, 3.05) is 32.5 Å². The summed E-state index contributed by atoms with van der Waals surface area (Å²) in [5.74, 6) is -0.201. The minimum atomic E-state index is -3.27. The Labute approximate surface area is 78.8 Å². The van der Waals surface area contributed by atoms with Crippen molar-refractivity contribution in [3.8, 4) is 0 Å². The summed E-state index contributed by atoms with van der Waals surface area (Å²) in [4.78, 5) is 2.08. The lowest BCUT2D eigenvalue weighted by Crippen LogP contribution is -2.38. The maximum atomic E-state index is 11.2. The van der Waals surface area contributed by atoms with Crippen LogP contribution in [0.1, 0.15) is 6.42 Å². The van der Waals surface area contributed by atoms with E-state index in [1.165, 1.54) is 0 Å². The zero-order valence-electron chi connectivity index (χ0n) is 7.73. The van der Waals surface area contributed by atoms with Crippen molar-refractivity contribution in [3.05, 3.63) is 0 Å².